The number of hydrogen-bond donors (Lipinski definition) is 1. The van der Waals surface area contributed by atoms with Gasteiger partial charge in [0, 0.05) is 12.1 Å². The first-order valence-electron chi connectivity index (χ1n) is 6.64. The number of imidazole rings is 1. The summed E-state index contributed by atoms with van der Waals surface area (Å²) in [5.74, 6) is 1.66. The van der Waals surface area contributed by atoms with Crippen molar-refractivity contribution in [1.29, 1.82) is 0 Å². The third kappa shape index (κ3) is 2.66. The van der Waals surface area contributed by atoms with Gasteiger partial charge in [-0.3, -0.25) is 4.57 Å². The van der Waals surface area contributed by atoms with E-state index in [4.69, 9.17) is 5.73 Å². The van der Waals surface area contributed by atoms with E-state index in [9.17, 15) is 4.39 Å². The lowest BCUT2D eigenvalue weighted by Crippen LogP contribution is -1.98. The number of hydrogen-bond acceptors (Lipinski definition) is 3. The SMILES string of the molecule is NCCCC1CC1c1cn(-c2ccc(F)cn2)cn1. The van der Waals surface area contributed by atoms with Gasteiger partial charge in [0.2, 0.25) is 0 Å². The third-order valence-corrected chi connectivity index (χ3v) is 3.66. The highest BCUT2D eigenvalue weighted by Crippen LogP contribution is 2.49. The molecule has 0 radical (unpaired) electrons. The summed E-state index contributed by atoms with van der Waals surface area (Å²) in [6, 6.07) is 3.06. The van der Waals surface area contributed by atoms with Crippen molar-refractivity contribution in [3.05, 3.63) is 42.4 Å². The van der Waals surface area contributed by atoms with Gasteiger partial charge in [0.25, 0.3) is 0 Å². The van der Waals surface area contributed by atoms with Crippen molar-refractivity contribution < 1.29 is 4.39 Å². The Labute approximate surface area is 111 Å². The number of halogens is 1. The maximum absolute atomic E-state index is 12.8. The molecule has 0 aliphatic heterocycles. The van der Waals surface area contributed by atoms with Crippen LogP contribution in [0.5, 0.6) is 0 Å². The molecule has 1 fully saturated rings. The molecule has 19 heavy (non-hydrogen) atoms. The zero-order valence-corrected chi connectivity index (χ0v) is 10.7. The Kier molecular flexibility index (Phi) is 3.29. The number of rotatable bonds is 5. The predicted octanol–water partition coefficient (Wildman–Crippen LogP) is 2.25. The van der Waals surface area contributed by atoms with E-state index in [1.165, 1.54) is 25.1 Å². The van der Waals surface area contributed by atoms with Crippen LogP contribution in [0.3, 0.4) is 0 Å². The first kappa shape index (κ1) is 12.3. The van der Waals surface area contributed by atoms with E-state index in [-0.39, 0.29) is 5.82 Å². The zero-order valence-electron chi connectivity index (χ0n) is 10.7. The number of nitrogens with zero attached hydrogens (tertiary/aromatic N) is 3. The molecule has 4 nitrogen and oxygen atoms in total. The van der Waals surface area contributed by atoms with Gasteiger partial charge in [0.1, 0.15) is 18.0 Å². The predicted molar refractivity (Wildman–Crippen MR) is 70.5 cm³/mol. The van der Waals surface area contributed by atoms with Crippen LogP contribution in [0.2, 0.25) is 0 Å². The van der Waals surface area contributed by atoms with Crippen molar-refractivity contribution in [2.75, 3.05) is 6.54 Å². The minimum Gasteiger partial charge on any atom is -0.330 e. The highest BCUT2D eigenvalue weighted by atomic mass is 19.1. The zero-order chi connectivity index (χ0) is 13.2. The molecule has 5 heteroatoms. The van der Waals surface area contributed by atoms with Crippen molar-refractivity contribution in [3.8, 4) is 5.82 Å². The van der Waals surface area contributed by atoms with Crippen LogP contribution in [0.25, 0.3) is 5.82 Å². The normalized spacial score (nSPS) is 21.6. The Hall–Kier alpha value is -1.75. The minimum atomic E-state index is -0.326. The molecule has 0 spiro atoms. The van der Waals surface area contributed by atoms with Gasteiger partial charge < -0.3 is 5.73 Å². The van der Waals surface area contributed by atoms with Gasteiger partial charge in [0.15, 0.2) is 0 Å². The fourth-order valence-corrected chi connectivity index (χ4v) is 2.48. The van der Waals surface area contributed by atoms with Gasteiger partial charge in [-0.1, -0.05) is 0 Å². The monoisotopic (exact) mass is 260 g/mol. The van der Waals surface area contributed by atoms with Gasteiger partial charge in [-0.2, -0.15) is 0 Å². The molecule has 100 valence electrons. The van der Waals surface area contributed by atoms with Crippen LogP contribution in [0.4, 0.5) is 4.39 Å². The van der Waals surface area contributed by atoms with Crippen LogP contribution in [-0.2, 0) is 0 Å². The van der Waals surface area contributed by atoms with Gasteiger partial charge in [-0.15, -0.1) is 0 Å². The van der Waals surface area contributed by atoms with Crippen LogP contribution in [-0.4, -0.2) is 21.1 Å². The maximum atomic E-state index is 12.8. The molecule has 1 aliphatic rings. The third-order valence-electron chi connectivity index (χ3n) is 3.66. The first-order valence-corrected chi connectivity index (χ1v) is 6.64. The maximum Gasteiger partial charge on any atom is 0.141 e. The van der Waals surface area contributed by atoms with Crippen molar-refractivity contribution in [2.45, 2.75) is 25.2 Å². The lowest BCUT2D eigenvalue weighted by molar-refractivity contribution is 0.620. The van der Waals surface area contributed by atoms with E-state index in [0.29, 0.717) is 11.7 Å². The molecule has 2 aromatic rings. The lowest BCUT2D eigenvalue weighted by atomic mass is 10.1. The van der Waals surface area contributed by atoms with E-state index in [1.807, 2.05) is 10.8 Å². The second-order valence-corrected chi connectivity index (χ2v) is 5.07. The van der Waals surface area contributed by atoms with Crippen molar-refractivity contribution >= 4 is 0 Å². The standard InChI is InChI=1S/C14H17FN4/c15-11-3-4-14(17-7-11)19-8-13(18-9-19)12-6-10(12)2-1-5-16/h3-4,7-10,12H,1-2,5-6,16H2. The average molecular weight is 260 g/mol. The lowest BCUT2D eigenvalue weighted by Gasteiger charge is -1.99. The van der Waals surface area contributed by atoms with Crippen molar-refractivity contribution in [3.63, 3.8) is 0 Å². The fraction of sp³-hybridized carbons (Fsp3) is 0.429. The van der Waals surface area contributed by atoms with Crippen LogP contribution >= 0.6 is 0 Å². The molecular formula is C14H17FN4. The Morgan fingerprint density at radius 2 is 2.26 bits per heavy atom. The summed E-state index contributed by atoms with van der Waals surface area (Å²) >= 11 is 0. The molecule has 0 bridgehead atoms. The number of pyridine rings is 1. The largest absolute Gasteiger partial charge is 0.330 e. The molecule has 2 N–H and O–H groups in total. The Bertz CT molecular complexity index is 549. The quantitative estimate of drug-likeness (QED) is 0.897. The number of aromatic nitrogens is 3. The summed E-state index contributed by atoms with van der Waals surface area (Å²) in [6.07, 6.45) is 8.43. The summed E-state index contributed by atoms with van der Waals surface area (Å²) in [6.45, 7) is 0.761. The van der Waals surface area contributed by atoms with Crippen molar-refractivity contribution in [2.24, 2.45) is 11.7 Å². The summed E-state index contributed by atoms with van der Waals surface area (Å²) in [5, 5.41) is 0. The Morgan fingerprint density at radius 3 is 3.00 bits per heavy atom. The molecule has 0 saturated heterocycles. The molecule has 2 heterocycles. The Morgan fingerprint density at radius 1 is 1.37 bits per heavy atom. The summed E-state index contributed by atoms with van der Waals surface area (Å²) in [7, 11) is 0. The van der Waals surface area contributed by atoms with Crippen molar-refractivity contribution in [1.82, 2.24) is 14.5 Å². The average Bonchev–Trinajstić information content (AvgIpc) is 3.04. The second kappa shape index (κ2) is 5.09. The van der Waals surface area contributed by atoms with E-state index in [0.717, 1.165) is 24.6 Å². The highest BCUT2D eigenvalue weighted by Gasteiger charge is 2.39. The molecule has 2 atom stereocenters. The smallest absolute Gasteiger partial charge is 0.141 e. The van der Waals surface area contributed by atoms with E-state index in [1.54, 1.807) is 12.4 Å². The summed E-state index contributed by atoms with van der Waals surface area (Å²) in [5.41, 5.74) is 6.63. The highest BCUT2D eigenvalue weighted by molar-refractivity contribution is 5.25. The minimum absolute atomic E-state index is 0.326. The molecular weight excluding hydrogens is 243 g/mol. The van der Waals surface area contributed by atoms with Gasteiger partial charge in [0.05, 0.1) is 11.9 Å². The van der Waals surface area contributed by atoms with Crippen LogP contribution < -0.4 is 5.73 Å². The second-order valence-electron chi connectivity index (χ2n) is 5.07. The molecule has 1 saturated carbocycles. The Balaban J connectivity index is 1.69. The summed E-state index contributed by atoms with van der Waals surface area (Å²) in [4.78, 5) is 8.47. The van der Waals surface area contributed by atoms with E-state index < -0.39 is 0 Å². The summed E-state index contributed by atoms with van der Waals surface area (Å²) < 4.78 is 14.7. The topological polar surface area (TPSA) is 56.7 Å². The molecule has 0 aromatic carbocycles. The fourth-order valence-electron chi connectivity index (χ4n) is 2.48. The van der Waals surface area contributed by atoms with Gasteiger partial charge in [-0.05, 0) is 43.9 Å². The van der Waals surface area contributed by atoms with Crippen LogP contribution in [0.1, 0.15) is 30.9 Å². The number of nitrogens with two attached hydrogens (primary N) is 1. The molecule has 3 rings (SSSR count). The van der Waals surface area contributed by atoms with E-state index in [2.05, 4.69) is 9.97 Å². The van der Waals surface area contributed by atoms with E-state index >= 15 is 0 Å². The molecule has 1 aliphatic carbocycles. The van der Waals surface area contributed by atoms with Gasteiger partial charge >= 0.3 is 0 Å². The van der Waals surface area contributed by atoms with Gasteiger partial charge in [-0.25, -0.2) is 14.4 Å². The van der Waals surface area contributed by atoms with Crippen LogP contribution in [0, 0.1) is 11.7 Å². The molecule has 2 unspecified atom stereocenters. The van der Waals surface area contributed by atoms with Crippen LogP contribution in [0.15, 0.2) is 30.9 Å². The first-order chi connectivity index (χ1) is 9.28. The molecule has 0 amide bonds. The molecule has 2 aromatic heterocycles.